The molecule has 1 fully saturated rings. The number of hydrogen-bond donors (Lipinski definition) is 0. The normalized spacial score (nSPS) is 15.2. The molecule has 1 heterocycles. The maximum Gasteiger partial charge on any atom is 0.243 e. The number of aryl methyl sites for hydroxylation is 2. The van der Waals surface area contributed by atoms with E-state index in [1.165, 1.54) is 4.31 Å². The van der Waals surface area contributed by atoms with Gasteiger partial charge in [-0.2, -0.15) is 4.31 Å². The standard InChI is InChI=1S/C22H25ClN2O4S/c1-16-3-8-20(15-17(16)2)30(28,29)25-13-11-24(12-14-25)22(27)10-9-21(26)18-4-6-19(23)7-5-18/h3-8,15H,9-14H2,1-2H3. The Morgan fingerprint density at radius 2 is 1.53 bits per heavy atom. The van der Waals surface area contributed by atoms with Crippen LogP contribution in [0.5, 0.6) is 0 Å². The highest BCUT2D eigenvalue weighted by Gasteiger charge is 2.30. The fourth-order valence-corrected chi connectivity index (χ4v) is 4.99. The average molecular weight is 449 g/mol. The molecule has 1 amide bonds. The fourth-order valence-electron chi connectivity index (χ4n) is 3.36. The Morgan fingerprint density at radius 3 is 2.13 bits per heavy atom. The highest BCUT2D eigenvalue weighted by molar-refractivity contribution is 7.89. The summed E-state index contributed by atoms with van der Waals surface area (Å²) in [4.78, 5) is 26.6. The lowest BCUT2D eigenvalue weighted by molar-refractivity contribution is -0.132. The highest BCUT2D eigenvalue weighted by Crippen LogP contribution is 2.21. The van der Waals surface area contributed by atoms with Crippen molar-refractivity contribution in [3.63, 3.8) is 0 Å². The Morgan fingerprint density at radius 1 is 0.900 bits per heavy atom. The molecule has 2 aromatic carbocycles. The first-order valence-electron chi connectivity index (χ1n) is 9.82. The summed E-state index contributed by atoms with van der Waals surface area (Å²) >= 11 is 5.82. The number of hydrogen-bond acceptors (Lipinski definition) is 4. The number of rotatable bonds is 6. The van der Waals surface area contributed by atoms with Crippen molar-refractivity contribution in [1.82, 2.24) is 9.21 Å². The maximum atomic E-state index is 12.9. The van der Waals surface area contributed by atoms with Crippen LogP contribution in [0, 0.1) is 13.8 Å². The van der Waals surface area contributed by atoms with E-state index in [0.29, 0.717) is 23.7 Å². The van der Waals surface area contributed by atoms with Gasteiger partial charge in [0.1, 0.15) is 0 Å². The van der Waals surface area contributed by atoms with Crippen LogP contribution >= 0.6 is 11.6 Å². The van der Waals surface area contributed by atoms with Crippen molar-refractivity contribution in [3.8, 4) is 0 Å². The highest BCUT2D eigenvalue weighted by atomic mass is 35.5. The van der Waals surface area contributed by atoms with Gasteiger partial charge in [0, 0.05) is 49.6 Å². The number of Topliss-reactive ketones (excluding diaryl/α,β-unsaturated/α-hetero) is 1. The third-order valence-corrected chi connectivity index (χ3v) is 7.59. The van der Waals surface area contributed by atoms with Crippen molar-refractivity contribution >= 4 is 33.3 Å². The minimum Gasteiger partial charge on any atom is -0.340 e. The summed E-state index contributed by atoms with van der Waals surface area (Å²) in [6, 6.07) is 11.7. The van der Waals surface area contributed by atoms with Gasteiger partial charge in [-0.1, -0.05) is 17.7 Å². The van der Waals surface area contributed by atoms with Crippen LogP contribution in [0.1, 0.15) is 34.3 Å². The Bertz CT molecular complexity index is 1040. The lowest BCUT2D eigenvalue weighted by Crippen LogP contribution is -2.50. The Labute approximate surface area is 182 Å². The number of halogens is 1. The van der Waals surface area contributed by atoms with E-state index in [-0.39, 0.29) is 42.5 Å². The molecule has 160 valence electrons. The van der Waals surface area contributed by atoms with Crippen LogP contribution < -0.4 is 0 Å². The summed E-state index contributed by atoms with van der Waals surface area (Å²) in [5.41, 5.74) is 2.49. The van der Waals surface area contributed by atoms with Gasteiger partial charge in [0.05, 0.1) is 4.90 Å². The molecule has 0 atom stereocenters. The predicted molar refractivity (Wildman–Crippen MR) is 116 cm³/mol. The van der Waals surface area contributed by atoms with E-state index in [2.05, 4.69) is 0 Å². The van der Waals surface area contributed by atoms with Crippen molar-refractivity contribution in [2.45, 2.75) is 31.6 Å². The van der Waals surface area contributed by atoms with Gasteiger partial charge in [-0.15, -0.1) is 0 Å². The molecule has 1 saturated heterocycles. The molecule has 0 aliphatic carbocycles. The minimum atomic E-state index is -3.59. The summed E-state index contributed by atoms with van der Waals surface area (Å²) in [5.74, 6) is -0.253. The molecule has 8 heteroatoms. The van der Waals surface area contributed by atoms with Crippen LogP contribution in [0.4, 0.5) is 0 Å². The SMILES string of the molecule is Cc1ccc(S(=O)(=O)N2CCN(C(=O)CCC(=O)c3ccc(Cl)cc3)CC2)cc1C. The minimum absolute atomic E-state index is 0.103. The molecule has 0 saturated carbocycles. The first-order valence-corrected chi connectivity index (χ1v) is 11.6. The Hall–Kier alpha value is -2.22. The summed E-state index contributed by atoms with van der Waals surface area (Å²) in [6.07, 6.45) is 0.215. The summed E-state index contributed by atoms with van der Waals surface area (Å²) in [5, 5.41) is 0.552. The smallest absolute Gasteiger partial charge is 0.243 e. The Kier molecular flexibility index (Phi) is 6.95. The fraction of sp³-hybridized carbons (Fsp3) is 0.364. The van der Waals surface area contributed by atoms with Crippen LogP contribution in [-0.2, 0) is 14.8 Å². The van der Waals surface area contributed by atoms with E-state index in [1.807, 2.05) is 13.8 Å². The van der Waals surface area contributed by atoms with Gasteiger partial charge in [0.2, 0.25) is 15.9 Å². The number of sulfonamides is 1. The van der Waals surface area contributed by atoms with E-state index in [0.717, 1.165) is 11.1 Å². The molecule has 0 bridgehead atoms. The average Bonchev–Trinajstić information content (AvgIpc) is 2.74. The van der Waals surface area contributed by atoms with E-state index < -0.39 is 10.0 Å². The van der Waals surface area contributed by atoms with E-state index >= 15 is 0 Å². The number of carbonyl (C=O) groups is 2. The van der Waals surface area contributed by atoms with E-state index in [4.69, 9.17) is 11.6 Å². The molecule has 0 aromatic heterocycles. The second kappa shape index (κ2) is 9.29. The van der Waals surface area contributed by atoms with Crippen LogP contribution in [0.3, 0.4) is 0 Å². The summed E-state index contributed by atoms with van der Waals surface area (Å²) < 4.78 is 27.2. The van der Waals surface area contributed by atoms with Crippen LogP contribution in [0.2, 0.25) is 5.02 Å². The van der Waals surface area contributed by atoms with Gasteiger partial charge in [-0.3, -0.25) is 9.59 Å². The van der Waals surface area contributed by atoms with Gasteiger partial charge in [0.15, 0.2) is 5.78 Å². The number of nitrogens with zero attached hydrogens (tertiary/aromatic N) is 2. The largest absolute Gasteiger partial charge is 0.340 e. The zero-order valence-corrected chi connectivity index (χ0v) is 18.7. The van der Waals surface area contributed by atoms with E-state index in [1.54, 1.807) is 47.4 Å². The number of amides is 1. The molecular formula is C22H25ClN2O4S. The molecule has 6 nitrogen and oxygen atoms in total. The van der Waals surface area contributed by atoms with Gasteiger partial charge in [-0.05, 0) is 61.4 Å². The summed E-state index contributed by atoms with van der Waals surface area (Å²) in [7, 11) is -3.59. The lowest BCUT2D eigenvalue weighted by atomic mass is 10.1. The first kappa shape index (κ1) is 22.5. The molecule has 0 radical (unpaired) electrons. The van der Waals surface area contributed by atoms with Gasteiger partial charge < -0.3 is 4.90 Å². The molecular weight excluding hydrogens is 424 g/mol. The van der Waals surface area contributed by atoms with Crippen LogP contribution in [-0.4, -0.2) is 55.5 Å². The van der Waals surface area contributed by atoms with Crippen molar-refractivity contribution < 1.29 is 18.0 Å². The third kappa shape index (κ3) is 5.09. The first-order chi connectivity index (χ1) is 14.2. The van der Waals surface area contributed by atoms with Crippen molar-refractivity contribution in [2.75, 3.05) is 26.2 Å². The Balaban J connectivity index is 1.54. The number of piperazine rings is 1. The van der Waals surface area contributed by atoms with Gasteiger partial charge >= 0.3 is 0 Å². The van der Waals surface area contributed by atoms with Crippen molar-refractivity contribution in [2.24, 2.45) is 0 Å². The lowest BCUT2D eigenvalue weighted by Gasteiger charge is -2.34. The summed E-state index contributed by atoms with van der Waals surface area (Å²) in [6.45, 7) is 4.94. The molecule has 3 rings (SSSR count). The van der Waals surface area contributed by atoms with Crippen LogP contribution in [0.25, 0.3) is 0 Å². The molecule has 0 N–H and O–H groups in total. The zero-order valence-electron chi connectivity index (χ0n) is 17.1. The molecule has 0 spiro atoms. The van der Waals surface area contributed by atoms with Crippen molar-refractivity contribution in [1.29, 1.82) is 0 Å². The second-order valence-corrected chi connectivity index (χ2v) is 9.84. The second-order valence-electron chi connectivity index (χ2n) is 7.46. The van der Waals surface area contributed by atoms with E-state index in [9.17, 15) is 18.0 Å². The topological polar surface area (TPSA) is 74.8 Å². The zero-order chi connectivity index (χ0) is 21.9. The van der Waals surface area contributed by atoms with Gasteiger partial charge in [-0.25, -0.2) is 8.42 Å². The third-order valence-electron chi connectivity index (χ3n) is 5.44. The molecule has 0 unspecified atom stereocenters. The van der Waals surface area contributed by atoms with Crippen molar-refractivity contribution in [3.05, 3.63) is 64.2 Å². The number of ketones is 1. The predicted octanol–water partition coefficient (Wildman–Crippen LogP) is 3.45. The quantitative estimate of drug-likeness (QED) is 0.634. The monoisotopic (exact) mass is 448 g/mol. The van der Waals surface area contributed by atoms with Crippen LogP contribution in [0.15, 0.2) is 47.4 Å². The molecule has 1 aliphatic heterocycles. The number of benzene rings is 2. The molecule has 2 aromatic rings. The van der Waals surface area contributed by atoms with Gasteiger partial charge in [0.25, 0.3) is 0 Å². The molecule has 30 heavy (non-hydrogen) atoms. The molecule has 1 aliphatic rings. The maximum absolute atomic E-state index is 12.9. The number of carbonyl (C=O) groups excluding carboxylic acids is 2.